The Balaban J connectivity index is 2.22. The summed E-state index contributed by atoms with van der Waals surface area (Å²) in [5.74, 6) is 0. The van der Waals surface area contributed by atoms with E-state index in [-0.39, 0.29) is 0 Å². The lowest BCUT2D eigenvalue weighted by Crippen LogP contribution is -2.47. The molecule has 0 bridgehead atoms. The predicted octanol–water partition coefficient (Wildman–Crippen LogP) is 3.31. The number of nitrogens with one attached hydrogen (secondary N) is 2. The SMILES string of the molecule is CNC1=C(C(C)(C)C)CC2(CNCC(C)(C)C2)C1. The maximum absolute atomic E-state index is 3.67. The first-order valence-electron chi connectivity index (χ1n) is 7.29. The Hall–Kier alpha value is -0.500. The fourth-order valence-corrected chi connectivity index (χ4v) is 4.04. The van der Waals surface area contributed by atoms with Gasteiger partial charge in [-0.2, -0.15) is 0 Å². The topological polar surface area (TPSA) is 24.1 Å². The van der Waals surface area contributed by atoms with E-state index in [1.807, 2.05) is 0 Å². The Bertz CT molecular complexity index is 360. The van der Waals surface area contributed by atoms with Crippen LogP contribution < -0.4 is 10.6 Å². The van der Waals surface area contributed by atoms with Crippen LogP contribution in [0.3, 0.4) is 0 Å². The normalized spacial score (nSPS) is 32.1. The van der Waals surface area contributed by atoms with Gasteiger partial charge < -0.3 is 10.6 Å². The van der Waals surface area contributed by atoms with Crippen LogP contribution in [-0.2, 0) is 0 Å². The summed E-state index contributed by atoms with van der Waals surface area (Å²) in [4.78, 5) is 0. The minimum atomic E-state index is 0.295. The van der Waals surface area contributed by atoms with Crippen molar-refractivity contribution in [2.75, 3.05) is 20.1 Å². The number of piperidine rings is 1. The van der Waals surface area contributed by atoms with Gasteiger partial charge in [-0.25, -0.2) is 0 Å². The van der Waals surface area contributed by atoms with E-state index in [1.54, 1.807) is 5.57 Å². The number of rotatable bonds is 1. The lowest BCUT2D eigenvalue weighted by Gasteiger charge is -2.44. The Labute approximate surface area is 113 Å². The van der Waals surface area contributed by atoms with Gasteiger partial charge in [0.05, 0.1) is 0 Å². The first-order chi connectivity index (χ1) is 8.18. The number of allylic oxidation sites excluding steroid dienone is 2. The zero-order valence-corrected chi connectivity index (χ0v) is 13.0. The Morgan fingerprint density at radius 3 is 2.22 bits per heavy atom. The first-order valence-corrected chi connectivity index (χ1v) is 7.29. The van der Waals surface area contributed by atoms with E-state index in [2.05, 4.69) is 52.3 Å². The standard InChI is InChI=1S/C16H30N2/c1-14(2,3)12-7-16(8-13(12)17-6)9-15(4,5)10-18-11-16/h17-18H,7-11H2,1-6H3. The molecule has 2 nitrogen and oxygen atoms in total. The summed E-state index contributed by atoms with van der Waals surface area (Å²) in [7, 11) is 2.08. The highest BCUT2D eigenvalue weighted by molar-refractivity contribution is 5.29. The second kappa shape index (κ2) is 4.26. The third-order valence-corrected chi connectivity index (χ3v) is 4.63. The van der Waals surface area contributed by atoms with E-state index in [4.69, 9.17) is 0 Å². The van der Waals surface area contributed by atoms with E-state index in [0.29, 0.717) is 16.2 Å². The van der Waals surface area contributed by atoms with Crippen LogP contribution in [0.5, 0.6) is 0 Å². The molecule has 0 radical (unpaired) electrons. The van der Waals surface area contributed by atoms with Gasteiger partial charge in [-0.3, -0.25) is 0 Å². The van der Waals surface area contributed by atoms with Gasteiger partial charge in [0, 0.05) is 25.8 Å². The minimum Gasteiger partial charge on any atom is -0.391 e. The molecule has 1 spiro atoms. The van der Waals surface area contributed by atoms with E-state index in [1.165, 1.54) is 31.5 Å². The fourth-order valence-electron chi connectivity index (χ4n) is 4.04. The van der Waals surface area contributed by atoms with Crippen molar-refractivity contribution < 1.29 is 0 Å². The first kappa shape index (κ1) is 13.9. The molecule has 2 aliphatic rings. The summed E-state index contributed by atoms with van der Waals surface area (Å²) >= 11 is 0. The monoisotopic (exact) mass is 250 g/mol. The van der Waals surface area contributed by atoms with Crippen LogP contribution in [0.25, 0.3) is 0 Å². The Morgan fingerprint density at radius 1 is 1.11 bits per heavy atom. The zero-order chi connectivity index (χ0) is 13.6. The van der Waals surface area contributed by atoms with Crippen molar-refractivity contribution in [3.63, 3.8) is 0 Å². The molecule has 2 rings (SSSR count). The Morgan fingerprint density at radius 2 is 1.78 bits per heavy atom. The summed E-state index contributed by atoms with van der Waals surface area (Å²) < 4.78 is 0. The molecular weight excluding hydrogens is 220 g/mol. The average molecular weight is 250 g/mol. The molecule has 0 amide bonds. The second-order valence-electron chi connectivity index (χ2n) is 8.26. The molecule has 1 saturated heterocycles. The molecule has 0 saturated carbocycles. The van der Waals surface area contributed by atoms with E-state index >= 15 is 0 Å². The maximum atomic E-state index is 3.67. The highest BCUT2D eigenvalue weighted by Gasteiger charge is 2.46. The summed E-state index contributed by atoms with van der Waals surface area (Å²) in [6.07, 6.45) is 3.84. The van der Waals surface area contributed by atoms with Crippen molar-refractivity contribution in [1.82, 2.24) is 10.6 Å². The van der Waals surface area contributed by atoms with Crippen molar-refractivity contribution in [3.05, 3.63) is 11.3 Å². The van der Waals surface area contributed by atoms with Crippen LogP contribution in [0.1, 0.15) is 53.9 Å². The molecule has 2 N–H and O–H groups in total. The molecule has 1 heterocycles. The fraction of sp³-hybridized carbons (Fsp3) is 0.875. The lowest BCUT2D eigenvalue weighted by atomic mass is 9.67. The molecule has 1 fully saturated rings. The molecular formula is C16H30N2. The summed E-state index contributed by atoms with van der Waals surface area (Å²) in [5.41, 5.74) is 4.34. The van der Waals surface area contributed by atoms with Gasteiger partial charge in [0.2, 0.25) is 0 Å². The third-order valence-electron chi connectivity index (χ3n) is 4.63. The molecule has 1 aliphatic carbocycles. The van der Waals surface area contributed by atoms with Gasteiger partial charge in [0.25, 0.3) is 0 Å². The molecule has 0 aromatic heterocycles. The van der Waals surface area contributed by atoms with Crippen LogP contribution >= 0.6 is 0 Å². The zero-order valence-electron chi connectivity index (χ0n) is 13.0. The predicted molar refractivity (Wildman–Crippen MR) is 78.5 cm³/mol. The molecule has 104 valence electrons. The van der Waals surface area contributed by atoms with E-state index in [9.17, 15) is 0 Å². The van der Waals surface area contributed by atoms with Gasteiger partial charge in [0.15, 0.2) is 0 Å². The lowest BCUT2D eigenvalue weighted by molar-refractivity contribution is 0.107. The average Bonchev–Trinajstić information content (AvgIpc) is 2.54. The molecule has 0 aromatic carbocycles. The molecule has 18 heavy (non-hydrogen) atoms. The molecule has 1 unspecified atom stereocenters. The molecule has 1 atom stereocenters. The largest absolute Gasteiger partial charge is 0.391 e. The summed E-state index contributed by atoms with van der Waals surface area (Å²) in [6, 6.07) is 0. The van der Waals surface area contributed by atoms with Crippen LogP contribution in [0.4, 0.5) is 0 Å². The van der Waals surface area contributed by atoms with Gasteiger partial charge in [-0.05, 0) is 41.1 Å². The van der Waals surface area contributed by atoms with Gasteiger partial charge >= 0.3 is 0 Å². The van der Waals surface area contributed by atoms with Gasteiger partial charge in [-0.15, -0.1) is 0 Å². The van der Waals surface area contributed by atoms with Crippen LogP contribution in [0, 0.1) is 16.2 Å². The smallest absolute Gasteiger partial charge is 0.0108 e. The van der Waals surface area contributed by atoms with E-state index < -0.39 is 0 Å². The van der Waals surface area contributed by atoms with E-state index in [0.717, 1.165) is 6.54 Å². The number of hydrogen-bond donors (Lipinski definition) is 2. The third kappa shape index (κ3) is 2.59. The van der Waals surface area contributed by atoms with Crippen molar-refractivity contribution >= 4 is 0 Å². The molecule has 0 aromatic rings. The number of hydrogen-bond acceptors (Lipinski definition) is 2. The van der Waals surface area contributed by atoms with Crippen molar-refractivity contribution in [2.24, 2.45) is 16.2 Å². The molecule has 2 heteroatoms. The maximum Gasteiger partial charge on any atom is 0.0108 e. The van der Waals surface area contributed by atoms with Crippen molar-refractivity contribution in [1.29, 1.82) is 0 Å². The Kier molecular flexibility index (Phi) is 3.30. The van der Waals surface area contributed by atoms with Crippen molar-refractivity contribution in [3.8, 4) is 0 Å². The second-order valence-corrected chi connectivity index (χ2v) is 8.26. The quantitative estimate of drug-likeness (QED) is 0.746. The summed E-state index contributed by atoms with van der Waals surface area (Å²) in [5, 5.41) is 7.14. The van der Waals surface area contributed by atoms with Gasteiger partial charge in [0.1, 0.15) is 0 Å². The summed E-state index contributed by atoms with van der Waals surface area (Å²) in [6.45, 7) is 14.2. The highest BCUT2D eigenvalue weighted by atomic mass is 14.9. The van der Waals surface area contributed by atoms with Crippen LogP contribution in [0.15, 0.2) is 11.3 Å². The van der Waals surface area contributed by atoms with Crippen LogP contribution in [-0.4, -0.2) is 20.1 Å². The molecule has 1 aliphatic heterocycles. The highest BCUT2D eigenvalue weighted by Crippen LogP contribution is 2.53. The van der Waals surface area contributed by atoms with Gasteiger partial charge in [-0.1, -0.05) is 34.6 Å². The minimum absolute atomic E-state index is 0.295. The van der Waals surface area contributed by atoms with Crippen LogP contribution in [0.2, 0.25) is 0 Å². The van der Waals surface area contributed by atoms with Crippen molar-refractivity contribution in [2.45, 2.75) is 53.9 Å².